The lowest BCUT2D eigenvalue weighted by molar-refractivity contribution is 0.0911. The Balaban J connectivity index is 0.00000220. The SMILES string of the molecule is CCSc1ccc(Cl)cc1C(=O)NC1CCNCC1C.Cl. The molecule has 21 heavy (non-hydrogen) atoms. The van der Waals surface area contributed by atoms with Crippen molar-refractivity contribution in [3.05, 3.63) is 28.8 Å². The highest BCUT2D eigenvalue weighted by molar-refractivity contribution is 7.99. The minimum atomic E-state index is -0.0119. The third-order valence-electron chi connectivity index (χ3n) is 3.59. The van der Waals surface area contributed by atoms with E-state index in [0.29, 0.717) is 16.5 Å². The van der Waals surface area contributed by atoms with E-state index in [4.69, 9.17) is 11.6 Å². The molecule has 1 amide bonds. The molecule has 0 radical (unpaired) electrons. The zero-order chi connectivity index (χ0) is 14.5. The van der Waals surface area contributed by atoms with Crippen molar-refractivity contribution in [3.63, 3.8) is 0 Å². The summed E-state index contributed by atoms with van der Waals surface area (Å²) in [6.45, 7) is 6.16. The van der Waals surface area contributed by atoms with E-state index in [9.17, 15) is 4.79 Å². The Bertz CT molecular complexity index is 485. The fraction of sp³-hybridized carbons (Fsp3) is 0.533. The van der Waals surface area contributed by atoms with E-state index in [1.54, 1.807) is 17.8 Å². The summed E-state index contributed by atoms with van der Waals surface area (Å²) >= 11 is 7.70. The van der Waals surface area contributed by atoms with Crippen molar-refractivity contribution in [3.8, 4) is 0 Å². The molecule has 118 valence electrons. The standard InChI is InChI=1S/C15H21ClN2OS.ClH/c1-3-20-14-5-4-11(16)8-12(14)15(19)18-13-6-7-17-9-10(13)2;/h4-5,8,10,13,17H,3,6-7,9H2,1-2H3,(H,18,19);1H. The van der Waals surface area contributed by atoms with Crippen LogP contribution in [-0.2, 0) is 0 Å². The predicted molar refractivity (Wildman–Crippen MR) is 93.0 cm³/mol. The van der Waals surface area contributed by atoms with Gasteiger partial charge in [0.25, 0.3) is 5.91 Å². The molecule has 0 aliphatic carbocycles. The van der Waals surface area contributed by atoms with Crippen LogP contribution in [0.5, 0.6) is 0 Å². The van der Waals surface area contributed by atoms with Crippen molar-refractivity contribution in [2.24, 2.45) is 5.92 Å². The Morgan fingerprint density at radius 2 is 2.29 bits per heavy atom. The number of thioether (sulfide) groups is 1. The van der Waals surface area contributed by atoms with E-state index in [0.717, 1.165) is 30.2 Å². The summed E-state index contributed by atoms with van der Waals surface area (Å²) < 4.78 is 0. The summed E-state index contributed by atoms with van der Waals surface area (Å²) in [6.07, 6.45) is 0.976. The highest BCUT2D eigenvalue weighted by Gasteiger charge is 2.24. The van der Waals surface area contributed by atoms with Gasteiger partial charge in [-0.25, -0.2) is 0 Å². The van der Waals surface area contributed by atoms with Crippen molar-refractivity contribution >= 4 is 41.7 Å². The van der Waals surface area contributed by atoms with Gasteiger partial charge in [0.15, 0.2) is 0 Å². The zero-order valence-electron chi connectivity index (χ0n) is 12.3. The van der Waals surface area contributed by atoms with Gasteiger partial charge in [0.2, 0.25) is 0 Å². The molecule has 0 saturated carbocycles. The first kappa shape index (κ1) is 18.6. The van der Waals surface area contributed by atoms with Crippen molar-refractivity contribution in [1.29, 1.82) is 0 Å². The Labute approximate surface area is 142 Å². The highest BCUT2D eigenvalue weighted by Crippen LogP contribution is 2.26. The molecule has 0 aromatic heterocycles. The summed E-state index contributed by atoms with van der Waals surface area (Å²) in [7, 11) is 0. The molecule has 6 heteroatoms. The number of hydrogen-bond acceptors (Lipinski definition) is 3. The summed E-state index contributed by atoms with van der Waals surface area (Å²) in [5, 5.41) is 7.11. The van der Waals surface area contributed by atoms with E-state index in [1.807, 2.05) is 12.1 Å². The van der Waals surface area contributed by atoms with Gasteiger partial charge in [-0.2, -0.15) is 0 Å². The quantitative estimate of drug-likeness (QED) is 0.816. The number of piperidine rings is 1. The van der Waals surface area contributed by atoms with E-state index < -0.39 is 0 Å². The molecule has 2 rings (SSSR count). The normalized spacial score (nSPS) is 21.5. The molecular weight excluding hydrogens is 327 g/mol. The van der Waals surface area contributed by atoms with Gasteiger partial charge in [-0.05, 0) is 49.4 Å². The lowest BCUT2D eigenvalue weighted by atomic mass is 9.95. The smallest absolute Gasteiger partial charge is 0.252 e. The monoisotopic (exact) mass is 348 g/mol. The van der Waals surface area contributed by atoms with E-state index in [-0.39, 0.29) is 24.4 Å². The van der Waals surface area contributed by atoms with Crippen LogP contribution in [0, 0.1) is 5.92 Å². The number of rotatable bonds is 4. The molecule has 1 aromatic carbocycles. The Morgan fingerprint density at radius 3 is 2.95 bits per heavy atom. The zero-order valence-corrected chi connectivity index (χ0v) is 14.7. The van der Waals surface area contributed by atoms with Gasteiger partial charge >= 0.3 is 0 Å². The molecule has 1 saturated heterocycles. The fourth-order valence-corrected chi connectivity index (χ4v) is 3.39. The third-order valence-corrected chi connectivity index (χ3v) is 4.78. The summed E-state index contributed by atoms with van der Waals surface area (Å²) in [6, 6.07) is 5.77. The highest BCUT2D eigenvalue weighted by atomic mass is 35.5. The number of carbonyl (C=O) groups is 1. The van der Waals surface area contributed by atoms with Crippen LogP contribution >= 0.6 is 35.8 Å². The molecule has 1 heterocycles. The van der Waals surface area contributed by atoms with Crippen molar-refractivity contribution < 1.29 is 4.79 Å². The lowest BCUT2D eigenvalue weighted by Crippen LogP contribution is -2.48. The molecule has 2 N–H and O–H groups in total. The van der Waals surface area contributed by atoms with Gasteiger partial charge in [0, 0.05) is 16.0 Å². The Hall–Kier alpha value is -0.420. The van der Waals surface area contributed by atoms with E-state index in [2.05, 4.69) is 24.5 Å². The maximum Gasteiger partial charge on any atom is 0.252 e. The van der Waals surface area contributed by atoms with Crippen LogP contribution < -0.4 is 10.6 Å². The lowest BCUT2D eigenvalue weighted by Gasteiger charge is -2.30. The summed E-state index contributed by atoms with van der Waals surface area (Å²) in [5.74, 6) is 1.38. The summed E-state index contributed by atoms with van der Waals surface area (Å²) in [4.78, 5) is 13.5. The molecule has 1 fully saturated rings. The molecule has 1 aliphatic heterocycles. The van der Waals surface area contributed by atoms with Crippen LogP contribution in [0.2, 0.25) is 5.02 Å². The van der Waals surface area contributed by atoms with Crippen molar-refractivity contribution in [2.45, 2.75) is 31.2 Å². The molecule has 0 bridgehead atoms. The summed E-state index contributed by atoms with van der Waals surface area (Å²) in [5.41, 5.74) is 0.690. The van der Waals surface area contributed by atoms with Crippen LogP contribution in [-0.4, -0.2) is 30.8 Å². The average molecular weight is 349 g/mol. The molecule has 0 spiro atoms. The number of nitrogens with one attached hydrogen (secondary N) is 2. The largest absolute Gasteiger partial charge is 0.349 e. The second kappa shape index (κ2) is 8.89. The maximum absolute atomic E-state index is 12.5. The number of amides is 1. The minimum Gasteiger partial charge on any atom is -0.349 e. The topological polar surface area (TPSA) is 41.1 Å². The van der Waals surface area contributed by atoms with Gasteiger partial charge in [-0.15, -0.1) is 24.2 Å². The first-order valence-electron chi connectivity index (χ1n) is 7.05. The van der Waals surface area contributed by atoms with E-state index >= 15 is 0 Å². The van der Waals surface area contributed by atoms with Crippen molar-refractivity contribution in [2.75, 3.05) is 18.8 Å². The maximum atomic E-state index is 12.5. The van der Waals surface area contributed by atoms with Gasteiger partial charge in [0.05, 0.1) is 5.56 Å². The van der Waals surface area contributed by atoms with Crippen LogP contribution in [0.25, 0.3) is 0 Å². The number of benzene rings is 1. The van der Waals surface area contributed by atoms with Crippen LogP contribution in [0.3, 0.4) is 0 Å². The first-order chi connectivity index (χ1) is 9.61. The molecule has 1 aliphatic rings. The van der Waals surface area contributed by atoms with Crippen LogP contribution in [0.15, 0.2) is 23.1 Å². The molecular formula is C15H22Cl2N2OS. The van der Waals surface area contributed by atoms with Gasteiger partial charge < -0.3 is 10.6 Å². The first-order valence-corrected chi connectivity index (χ1v) is 8.42. The Morgan fingerprint density at radius 1 is 1.52 bits per heavy atom. The Kier molecular flexibility index (Phi) is 7.88. The molecule has 2 atom stereocenters. The van der Waals surface area contributed by atoms with Gasteiger partial charge in [0.1, 0.15) is 0 Å². The molecule has 2 unspecified atom stereocenters. The minimum absolute atomic E-state index is 0. The molecule has 3 nitrogen and oxygen atoms in total. The average Bonchev–Trinajstić information content (AvgIpc) is 2.43. The number of hydrogen-bond donors (Lipinski definition) is 2. The van der Waals surface area contributed by atoms with Gasteiger partial charge in [-0.3, -0.25) is 4.79 Å². The molecule has 1 aromatic rings. The van der Waals surface area contributed by atoms with E-state index in [1.165, 1.54) is 0 Å². The van der Waals surface area contributed by atoms with Crippen LogP contribution in [0.1, 0.15) is 30.6 Å². The second-order valence-corrected chi connectivity index (χ2v) is 6.87. The van der Waals surface area contributed by atoms with Crippen LogP contribution in [0.4, 0.5) is 0 Å². The van der Waals surface area contributed by atoms with Crippen molar-refractivity contribution in [1.82, 2.24) is 10.6 Å². The van der Waals surface area contributed by atoms with Gasteiger partial charge in [-0.1, -0.05) is 25.4 Å². The third kappa shape index (κ3) is 5.06. The predicted octanol–water partition coefficient (Wildman–Crippen LogP) is 3.60. The number of halogens is 2. The second-order valence-electron chi connectivity index (χ2n) is 5.12. The fourth-order valence-electron chi connectivity index (χ4n) is 2.44. The number of carbonyl (C=O) groups excluding carboxylic acids is 1.